The zero-order valence-corrected chi connectivity index (χ0v) is 16.2. The molecule has 0 saturated heterocycles. The number of aromatic nitrogens is 1. The van der Waals surface area contributed by atoms with Crippen molar-refractivity contribution in [1.82, 2.24) is 4.98 Å². The van der Waals surface area contributed by atoms with Crippen LogP contribution in [0, 0.1) is 0 Å². The maximum absolute atomic E-state index is 11.6. The Kier molecular flexibility index (Phi) is 5.70. The Morgan fingerprint density at radius 2 is 1.88 bits per heavy atom. The normalized spacial score (nSPS) is 11.5. The molecule has 0 spiro atoms. The van der Waals surface area contributed by atoms with E-state index in [2.05, 4.69) is 11.4 Å². The Morgan fingerprint density at radius 3 is 2.50 bits per heavy atom. The fourth-order valence-electron chi connectivity index (χ4n) is 2.53. The second-order valence-electron chi connectivity index (χ2n) is 5.87. The van der Waals surface area contributed by atoms with E-state index in [0.29, 0.717) is 18.0 Å². The number of hydrogen-bond donors (Lipinski definition) is 1. The molecule has 0 atom stereocenters. The molecule has 2 aromatic heterocycles. The Hall–Kier alpha value is -2.22. The van der Waals surface area contributed by atoms with Gasteiger partial charge in [-0.3, -0.25) is 0 Å². The van der Waals surface area contributed by atoms with E-state index in [9.17, 15) is 8.42 Å². The van der Waals surface area contributed by atoms with E-state index >= 15 is 0 Å². The molecule has 0 unspecified atom stereocenters. The molecule has 136 valence electrons. The van der Waals surface area contributed by atoms with Crippen molar-refractivity contribution in [2.75, 3.05) is 18.7 Å². The molecule has 0 aliphatic heterocycles. The van der Waals surface area contributed by atoms with Crippen LogP contribution in [0.25, 0.3) is 11.3 Å². The Morgan fingerprint density at radius 1 is 1.12 bits per heavy atom. The molecule has 0 bridgehead atoms. The number of nitrogens with one attached hydrogen (secondary N) is 1. The van der Waals surface area contributed by atoms with Gasteiger partial charge in [0.05, 0.1) is 23.7 Å². The zero-order valence-electron chi connectivity index (χ0n) is 14.6. The number of anilines is 1. The highest BCUT2D eigenvalue weighted by Gasteiger charge is 2.10. The SMILES string of the molecule is COCc1ccc(-c2ccc(S(C)(=O)=O)cc2)nc1NCc1cccs1. The van der Waals surface area contributed by atoms with Crippen molar-refractivity contribution in [3.8, 4) is 11.3 Å². The first-order chi connectivity index (χ1) is 12.5. The van der Waals surface area contributed by atoms with Gasteiger partial charge in [-0.05, 0) is 29.6 Å². The van der Waals surface area contributed by atoms with E-state index in [-0.39, 0.29) is 0 Å². The number of pyridine rings is 1. The van der Waals surface area contributed by atoms with Crippen molar-refractivity contribution in [3.05, 3.63) is 64.4 Å². The Balaban J connectivity index is 1.88. The third-order valence-electron chi connectivity index (χ3n) is 3.87. The molecule has 0 aliphatic rings. The van der Waals surface area contributed by atoms with Gasteiger partial charge >= 0.3 is 0 Å². The van der Waals surface area contributed by atoms with Crippen molar-refractivity contribution in [2.45, 2.75) is 18.0 Å². The van der Waals surface area contributed by atoms with Crippen LogP contribution in [0.15, 0.2) is 58.8 Å². The number of hydrogen-bond acceptors (Lipinski definition) is 6. The van der Waals surface area contributed by atoms with Gasteiger partial charge in [0, 0.05) is 29.4 Å². The minimum Gasteiger partial charge on any atom is -0.380 e. The van der Waals surface area contributed by atoms with Crippen LogP contribution >= 0.6 is 11.3 Å². The van der Waals surface area contributed by atoms with Gasteiger partial charge in [0.25, 0.3) is 0 Å². The monoisotopic (exact) mass is 388 g/mol. The summed E-state index contributed by atoms with van der Waals surface area (Å²) < 4.78 is 28.5. The Bertz CT molecular complexity index is 967. The summed E-state index contributed by atoms with van der Waals surface area (Å²) in [4.78, 5) is 6.24. The molecule has 0 saturated carbocycles. The molecule has 7 heteroatoms. The van der Waals surface area contributed by atoms with Crippen molar-refractivity contribution >= 4 is 27.0 Å². The largest absolute Gasteiger partial charge is 0.380 e. The van der Waals surface area contributed by atoms with Gasteiger partial charge in [-0.25, -0.2) is 13.4 Å². The lowest BCUT2D eigenvalue weighted by molar-refractivity contribution is 0.185. The van der Waals surface area contributed by atoms with Gasteiger partial charge in [-0.15, -0.1) is 11.3 Å². The summed E-state index contributed by atoms with van der Waals surface area (Å²) in [6, 6.07) is 14.7. The predicted octanol–water partition coefficient (Wildman–Crippen LogP) is 3.97. The van der Waals surface area contributed by atoms with Crippen LogP contribution < -0.4 is 5.32 Å². The average molecular weight is 389 g/mol. The number of thiophene rings is 1. The van der Waals surface area contributed by atoms with Gasteiger partial charge in [0.1, 0.15) is 5.82 Å². The lowest BCUT2D eigenvalue weighted by Gasteiger charge is -2.12. The minimum absolute atomic E-state index is 0.299. The van der Waals surface area contributed by atoms with E-state index in [1.807, 2.05) is 23.6 Å². The first kappa shape index (κ1) is 18.6. The van der Waals surface area contributed by atoms with Crippen molar-refractivity contribution in [1.29, 1.82) is 0 Å². The highest BCUT2D eigenvalue weighted by atomic mass is 32.2. The van der Waals surface area contributed by atoms with E-state index in [1.165, 1.54) is 11.1 Å². The molecule has 3 rings (SSSR count). The van der Waals surface area contributed by atoms with Crippen molar-refractivity contribution in [3.63, 3.8) is 0 Å². The van der Waals surface area contributed by atoms with E-state index in [4.69, 9.17) is 9.72 Å². The summed E-state index contributed by atoms with van der Waals surface area (Å²) in [6.07, 6.45) is 1.20. The molecular weight excluding hydrogens is 368 g/mol. The lowest BCUT2D eigenvalue weighted by Crippen LogP contribution is -2.05. The number of ether oxygens (including phenoxy) is 1. The van der Waals surface area contributed by atoms with Crippen LogP contribution in [0.2, 0.25) is 0 Å². The van der Waals surface area contributed by atoms with Gasteiger partial charge in [0.2, 0.25) is 0 Å². The lowest BCUT2D eigenvalue weighted by atomic mass is 10.1. The number of methoxy groups -OCH3 is 1. The first-order valence-corrected chi connectivity index (χ1v) is 10.8. The smallest absolute Gasteiger partial charge is 0.175 e. The minimum atomic E-state index is -3.21. The molecule has 0 fully saturated rings. The van der Waals surface area contributed by atoms with E-state index < -0.39 is 9.84 Å². The molecule has 1 N–H and O–H groups in total. The number of sulfone groups is 1. The molecule has 2 heterocycles. The second-order valence-corrected chi connectivity index (χ2v) is 8.91. The first-order valence-electron chi connectivity index (χ1n) is 8.03. The molecule has 5 nitrogen and oxygen atoms in total. The highest BCUT2D eigenvalue weighted by Crippen LogP contribution is 2.24. The molecule has 0 radical (unpaired) electrons. The highest BCUT2D eigenvalue weighted by molar-refractivity contribution is 7.90. The van der Waals surface area contributed by atoms with Crippen LogP contribution in [0.4, 0.5) is 5.82 Å². The zero-order chi connectivity index (χ0) is 18.6. The summed E-state index contributed by atoms with van der Waals surface area (Å²) in [5, 5.41) is 5.41. The van der Waals surface area contributed by atoms with E-state index in [0.717, 1.165) is 22.6 Å². The summed E-state index contributed by atoms with van der Waals surface area (Å²) in [7, 11) is -1.55. The van der Waals surface area contributed by atoms with Crippen LogP contribution in [0.5, 0.6) is 0 Å². The second kappa shape index (κ2) is 7.99. The van der Waals surface area contributed by atoms with Gasteiger partial charge < -0.3 is 10.1 Å². The predicted molar refractivity (Wildman–Crippen MR) is 105 cm³/mol. The third kappa shape index (κ3) is 4.49. The number of benzene rings is 1. The molecule has 3 aromatic rings. The maximum atomic E-state index is 11.6. The van der Waals surface area contributed by atoms with Gasteiger partial charge in [-0.2, -0.15) is 0 Å². The van der Waals surface area contributed by atoms with Crippen molar-refractivity contribution < 1.29 is 13.2 Å². The molecule has 0 amide bonds. The standard InChI is InChI=1S/C19H20N2O3S2/c1-24-13-15-7-10-18(14-5-8-17(9-6-14)26(2,22)23)21-19(15)20-12-16-4-3-11-25-16/h3-11H,12-13H2,1-2H3,(H,20,21). The molecule has 26 heavy (non-hydrogen) atoms. The maximum Gasteiger partial charge on any atom is 0.175 e. The van der Waals surface area contributed by atoms with Crippen LogP contribution in [0.3, 0.4) is 0 Å². The van der Waals surface area contributed by atoms with Crippen LogP contribution in [0.1, 0.15) is 10.4 Å². The van der Waals surface area contributed by atoms with Crippen LogP contribution in [-0.4, -0.2) is 26.8 Å². The summed E-state index contributed by atoms with van der Waals surface area (Å²) in [5.41, 5.74) is 2.61. The topological polar surface area (TPSA) is 68.3 Å². The summed E-state index contributed by atoms with van der Waals surface area (Å²) in [5.74, 6) is 0.768. The number of nitrogens with zero attached hydrogens (tertiary/aromatic N) is 1. The fraction of sp³-hybridized carbons (Fsp3) is 0.211. The molecule has 1 aromatic carbocycles. The average Bonchev–Trinajstić information content (AvgIpc) is 3.14. The van der Waals surface area contributed by atoms with Gasteiger partial charge in [0.15, 0.2) is 9.84 Å². The summed E-state index contributed by atoms with van der Waals surface area (Å²) in [6.45, 7) is 1.16. The molecule has 0 aliphatic carbocycles. The quantitative estimate of drug-likeness (QED) is 0.663. The van der Waals surface area contributed by atoms with Gasteiger partial charge in [-0.1, -0.05) is 24.3 Å². The summed E-state index contributed by atoms with van der Waals surface area (Å²) >= 11 is 1.69. The Labute approximate surface area is 157 Å². The number of rotatable bonds is 7. The fourth-order valence-corrected chi connectivity index (χ4v) is 3.81. The van der Waals surface area contributed by atoms with Crippen LogP contribution in [-0.2, 0) is 27.7 Å². The third-order valence-corrected chi connectivity index (χ3v) is 5.87. The van der Waals surface area contributed by atoms with Crippen molar-refractivity contribution in [2.24, 2.45) is 0 Å². The van der Waals surface area contributed by atoms with E-state index in [1.54, 1.807) is 42.7 Å². The molecular formula is C19H20N2O3S2.